The fourth-order valence-electron chi connectivity index (χ4n) is 1.73. The third kappa shape index (κ3) is 5.26. The van der Waals surface area contributed by atoms with Gasteiger partial charge in [-0.1, -0.05) is 18.2 Å². The first-order valence-corrected chi connectivity index (χ1v) is 7.82. The summed E-state index contributed by atoms with van der Waals surface area (Å²) in [6, 6.07) is 5.31. The van der Waals surface area contributed by atoms with E-state index in [0.29, 0.717) is 0 Å². The Morgan fingerprint density at radius 2 is 2.05 bits per heavy atom. The van der Waals surface area contributed by atoms with Gasteiger partial charge in [-0.05, 0) is 19.4 Å². The lowest BCUT2D eigenvalue weighted by molar-refractivity contribution is -0.140. The molecule has 0 aliphatic heterocycles. The highest BCUT2D eigenvalue weighted by Crippen LogP contribution is 2.17. The Kier molecular flexibility index (Phi) is 6.09. The van der Waals surface area contributed by atoms with Crippen molar-refractivity contribution in [3.05, 3.63) is 35.6 Å². The predicted molar refractivity (Wildman–Crippen MR) is 73.0 cm³/mol. The van der Waals surface area contributed by atoms with Gasteiger partial charge in [-0.25, -0.2) is 17.5 Å². The van der Waals surface area contributed by atoms with Gasteiger partial charge in [-0.3, -0.25) is 4.79 Å². The van der Waals surface area contributed by atoms with E-state index < -0.39 is 27.9 Å². The van der Waals surface area contributed by atoms with E-state index in [1.54, 1.807) is 13.0 Å². The molecule has 0 radical (unpaired) electrons. The minimum absolute atomic E-state index is 0.0332. The van der Waals surface area contributed by atoms with Gasteiger partial charge in [0.1, 0.15) is 5.82 Å². The summed E-state index contributed by atoms with van der Waals surface area (Å²) in [6.45, 7) is 1.57. The maximum absolute atomic E-state index is 13.5. The standard InChI is InChI=1S/C13H18FNO4S/c1-10(11-6-3-4-7-12(11)14)15-20(17,18)9-5-8-13(16)19-2/h3-4,6-7,10,15H,5,8-9H2,1-2H3/t10-/m1/s1. The number of methoxy groups -OCH3 is 1. The molecule has 0 aliphatic rings. The van der Waals surface area contributed by atoms with Crippen molar-refractivity contribution in [1.82, 2.24) is 4.72 Å². The lowest BCUT2D eigenvalue weighted by Gasteiger charge is -2.15. The van der Waals surface area contributed by atoms with E-state index >= 15 is 0 Å². The van der Waals surface area contributed by atoms with Crippen LogP contribution in [0.1, 0.15) is 31.4 Å². The van der Waals surface area contributed by atoms with Gasteiger partial charge in [0.05, 0.1) is 12.9 Å². The number of ether oxygens (including phenoxy) is 1. The van der Waals surface area contributed by atoms with Crippen LogP contribution in [0.3, 0.4) is 0 Å². The molecule has 1 rings (SSSR count). The number of halogens is 1. The average molecular weight is 303 g/mol. The summed E-state index contributed by atoms with van der Waals surface area (Å²) in [5, 5.41) is 0. The van der Waals surface area contributed by atoms with Crippen molar-refractivity contribution in [1.29, 1.82) is 0 Å². The van der Waals surface area contributed by atoms with Crippen molar-refractivity contribution in [2.24, 2.45) is 0 Å². The molecule has 112 valence electrons. The molecular formula is C13H18FNO4S. The van der Waals surface area contributed by atoms with Gasteiger partial charge in [-0.15, -0.1) is 0 Å². The maximum atomic E-state index is 13.5. The highest BCUT2D eigenvalue weighted by molar-refractivity contribution is 7.89. The van der Waals surface area contributed by atoms with Crippen LogP contribution in [0.15, 0.2) is 24.3 Å². The van der Waals surface area contributed by atoms with Crippen molar-refractivity contribution in [2.75, 3.05) is 12.9 Å². The molecule has 0 bridgehead atoms. The van der Waals surface area contributed by atoms with Crippen molar-refractivity contribution < 1.29 is 22.3 Å². The van der Waals surface area contributed by atoms with Gasteiger partial charge in [0.25, 0.3) is 0 Å². The number of benzene rings is 1. The molecule has 1 aromatic rings. The molecular weight excluding hydrogens is 285 g/mol. The number of carbonyl (C=O) groups excluding carboxylic acids is 1. The molecule has 1 aromatic carbocycles. The Balaban J connectivity index is 2.58. The van der Waals surface area contributed by atoms with Crippen LogP contribution in [-0.4, -0.2) is 27.2 Å². The maximum Gasteiger partial charge on any atom is 0.305 e. The number of hydrogen-bond acceptors (Lipinski definition) is 4. The van der Waals surface area contributed by atoms with Gasteiger partial charge in [0.2, 0.25) is 10.0 Å². The topological polar surface area (TPSA) is 72.5 Å². The quantitative estimate of drug-likeness (QED) is 0.779. The van der Waals surface area contributed by atoms with Crippen molar-refractivity contribution in [2.45, 2.75) is 25.8 Å². The summed E-state index contributed by atoms with van der Waals surface area (Å²) >= 11 is 0. The summed E-state index contributed by atoms with van der Waals surface area (Å²) in [5.74, 6) is -1.12. The fourth-order valence-corrected chi connectivity index (χ4v) is 3.03. The number of carbonyl (C=O) groups is 1. The molecule has 1 N–H and O–H groups in total. The van der Waals surface area contributed by atoms with E-state index in [4.69, 9.17) is 0 Å². The minimum Gasteiger partial charge on any atom is -0.469 e. The van der Waals surface area contributed by atoms with E-state index in [2.05, 4.69) is 9.46 Å². The van der Waals surface area contributed by atoms with Crippen LogP contribution in [0.5, 0.6) is 0 Å². The van der Waals surface area contributed by atoms with Crippen LogP contribution in [0.2, 0.25) is 0 Å². The summed E-state index contributed by atoms with van der Waals surface area (Å²) in [5.41, 5.74) is 0.282. The van der Waals surface area contributed by atoms with E-state index in [0.717, 1.165) is 0 Å². The van der Waals surface area contributed by atoms with Crippen LogP contribution in [0.25, 0.3) is 0 Å². The largest absolute Gasteiger partial charge is 0.469 e. The third-order valence-electron chi connectivity index (χ3n) is 2.75. The fraction of sp³-hybridized carbons (Fsp3) is 0.462. The Bertz CT molecular complexity index is 559. The Morgan fingerprint density at radius 3 is 2.65 bits per heavy atom. The van der Waals surface area contributed by atoms with Gasteiger partial charge in [-0.2, -0.15) is 0 Å². The number of hydrogen-bond donors (Lipinski definition) is 1. The molecule has 0 aliphatic carbocycles. The zero-order valence-corrected chi connectivity index (χ0v) is 12.2. The lowest BCUT2D eigenvalue weighted by atomic mass is 10.1. The number of rotatable bonds is 7. The molecule has 5 nitrogen and oxygen atoms in total. The van der Waals surface area contributed by atoms with Gasteiger partial charge in [0.15, 0.2) is 0 Å². The van der Waals surface area contributed by atoms with Crippen LogP contribution in [-0.2, 0) is 19.6 Å². The zero-order valence-electron chi connectivity index (χ0n) is 11.4. The molecule has 0 amide bonds. The Hall–Kier alpha value is -1.47. The highest BCUT2D eigenvalue weighted by Gasteiger charge is 2.18. The van der Waals surface area contributed by atoms with Crippen molar-refractivity contribution >= 4 is 16.0 Å². The first-order chi connectivity index (χ1) is 9.35. The molecule has 1 atom stereocenters. The zero-order chi connectivity index (χ0) is 15.2. The summed E-state index contributed by atoms with van der Waals surface area (Å²) in [4.78, 5) is 10.9. The van der Waals surface area contributed by atoms with Crippen molar-refractivity contribution in [3.8, 4) is 0 Å². The van der Waals surface area contributed by atoms with E-state index in [1.807, 2.05) is 0 Å². The smallest absolute Gasteiger partial charge is 0.305 e. The van der Waals surface area contributed by atoms with Crippen molar-refractivity contribution in [3.63, 3.8) is 0 Å². The summed E-state index contributed by atoms with van der Waals surface area (Å²) < 4.78 is 44.0. The second kappa shape index (κ2) is 7.35. The van der Waals surface area contributed by atoms with E-state index in [1.165, 1.54) is 25.3 Å². The molecule has 0 fully saturated rings. The van der Waals surface area contributed by atoms with Crippen LogP contribution in [0.4, 0.5) is 4.39 Å². The highest BCUT2D eigenvalue weighted by atomic mass is 32.2. The second-order valence-corrected chi connectivity index (χ2v) is 6.23. The molecule has 20 heavy (non-hydrogen) atoms. The average Bonchev–Trinajstić information content (AvgIpc) is 2.38. The number of esters is 1. The van der Waals surface area contributed by atoms with E-state index in [-0.39, 0.29) is 24.2 Å². The van der Waals surface area contributed by atoms with Gasteiger partial charge < -0.3 is 4.74 Å². The number of sulfonamides is 1. The van der Waals surface area contributed by atoms with Gasteiger partial charge >= 0.3 is 5.97 Å². The molecule has 0 unspecified atom stereocenters. The van der Waals surface area contributed by atoms with Crippen LogP contribution < -0.4 is 4.72 Å². The second-order valence-electron chi connectivity index (χ2n) is 4.36. The predicted octanol–water partition coefficient (Wildman–Crippen LogP) is 1.76. The SMILES string of the molecule is COC(=O)CCCS(=O)(=O)N[C@H](C)c1ccccc1F. The summed E-state index contributed by atoms with van der Waals surface area (Å²) in [7, 11) is -2.33. The lowest BCUT2D eigenvalue weighted by Crippen LogP contribution is -2.29. The molecule has 0 aromatic heterocycles. The summed E-state index contributed by atoms with van der Waals surface area (Å²) in [6.07, 6.45) is 0.192. The monoisotopic (exact) mass is 303 g/mol. The first kappa shape index (κ1) is 16.6. The molecule has 0 spiro atoms. The first-order valence-electron chi connectivity index (χ1n) is 6.17. The number of nitrogens with one attached hydrogen (secondary N) is 1. The third-order valence-corrected chi connectivity index (χ3v) is 4.29. The van der Waals surface area contributed by atoms with Gasteiger partial charge in [0, 0.05) is 18.0 Å². The van der Waals surface area contributed by atoms with Crippen LogP contribution >= 0.6 is 0 Å². The minimum atomic E-state index is -3.57. The molecule has 0 saturated heterocycles. The molecule has 7 heteroatoms. The van der Waals surface area contributed by atoms with Crippen LogP contribution in [0, 0.1) is 5.82 Å². The molecule has 0 heterocycles. The van der Waals surface area contributed by atoms with E-state index in [9.17, 15) is 17.6 Å². The normalized spacial score (nSPS) is 12.9. The molecule has 0 saturated carbocycles. The Labute approximate surface area is 118 Å². The Morgan fingerprint density at radius 1 is 1.40 bits per heavy atom.